The van der Waals surface area contributed by atoms with E-state index in [0.717, 1.165) is 26.1 Å². The van der Waals surface area contributed by atoms with Crippen molar-refractivity contribution in [1.82, 2.24) is 10.2 Å². The first kappa shape index (κ1) is 14.6. The molecule has 1 heterocycles. The average molecular weight is 268 g/mol. The van der Waals surface area contributed by atoms with Crippen molar-refractivity contribution in [3.05, 3.63) is 0 Å². The fourth-order valence-electron chi connectivity index (χ4n) is 2.77. The fourth-order valence-corrected chi connectivity index (χ4v) is 2.77. The van der Waals surface area contributed by atoms with Crippen LogP contribution in [0.1, 0.15) is 53.4 Å². The summed E-state index contributed by atoms with van der Waals surface area (Å²) >= 11 is 0. The van der Waals surface area contributed by atoms with Gasteiger partial charge in [-0.1, -0.05) is 13.3 Å². The van der Waals surface area contributed by atoms with Gasteiger partial charge in [0.1, 0.15) is 5.60 Å². The van der Waals surface area contributed by atoms with Gasteiger partial charge in [0.25, 0.3) is 0 Å². The second-order valence-electron chi connectivity index (χ2n) is 7.46. The van der Waals surface area contributed by atoms with Crippen LogP contribution in [0, 0.1) is 5.41 Å². The second-order valence-corrected chi connectivity index (χ2v) is 7.46. The molecule has 19 heavy (non-hydrogen) atoms. The summed E-state index contributed by atoms with van der Waals surface area (Å²) in [7, 11) is 0. The maximum absolute atomic E-state index is 12.0. The minimum atomic E-state index is -0.401. The summed E-state index contributed by atoms with van der Waals surface area (Å²) in [6.07, 6.45) is 4.90. The van der Waals surface area contributed by atoms with Crippen LogP contribution in [-0.2, 0) is 4.74 Å². The second kappa shape index (κ2) is 5.31. The molecular weight excluding hydrogens is 240 g/mol. The van der Waals surface area contributed by atoms with E-state index in [2.05, 4.69) is 12.2 Å². The zero-order chi connectivity index (χ0) is 14.1. The minimum absolute atomic E-state index is 0.174. The van der Waals surface area contributed by atoms with E-state index in [1.807, 2.05) is 25.7 Å². The topological polar surface area (TPSA) is 41.6 Å². The molecule has 1 atom stereocenters. The van der Waals surface area contributed by atoms with Crippen molar-refractivity contribution >= 4 is 6.09 Å². The number of carbonyl (C=O) groups excluding carboxylic acids is 1. The smallest absolute Gasteiger partial charge is 0.410 e. The van der Waals surface area contributed by atoms with Gasteiger partial charge >= 0.3 is 6.09 Å². The Labute approximate surface area is 116 Å². The number of likely N-dealkylation sites (tertiary alicyclic amines) is 1. The highest BCUT2D eigenvalue weighted by atomic mass is 16.6. The highest BCUT2D eigenvalue weighted by molar-refractivity contribution is 5.68. The molecule has 1 unspecified atom stereocenters. The average Bonchev–Trinajstić information content (AvgIpc) is 2.70. The standard InChI is InChI=1S/C15H28N2O2/c1-14(2,3)19-13(18)17-9-6-12(10-17)16-11-15(4)7-5-8-15/h12,16H,5-11H2,1-4H3. The van der Waals surface area contributed by atoms with Crippen molar-refractivity contribution in [3.63, 3.8) is 0 Å². The number of nitrogens with zero attached hydrogens (tertiary/aromatic N) is 1. The molecule has 2 aliphatic rings. The first-order valence-corrected chi connectivity index (χ1v) is 7.49. The highest BCUT2D eigenvalue weighted by Gasteiger charge is 2.34. The zero-order valence-corrected chi connectivity index (χ0v) is 12.8. The maximum atomic E-state index is 12.0. The third-order valence-electron chi connectivity index (χ3n) is 4.22. The number of hydrogen-bond acceptors (Lipinski definition) is 3. The Balaban J connectivity index is 1.72. The normalized spacial score (nSPS) is 26.1. The van der Waals surface area contributed by atoms with E-state index >= 15 is 0 Å². The molecule has 0 aromatic rings. The summed E-state index contributed by atoms with van der Waals surface area (Å²) in [6, 6.07) is 0.435. The monoisotopic (exact) mass is 268 g/mol. The molecule has 1 N–H and O–H groups in total. The Morgan fingerprint density at radius 1 is 1.42 bits per heavy atom. The van der Waals surface area contributed by atoms with Crippen molar-refractivity contribution in [2.24, 2.45) is 5.41 Å². The first-order chi connectivity index (χ1) is 8.77. The lowest BCUT2D eigenvalue weighted by Gasteiger charge is -2.39. The Morgan fingerprint density at radius 3 is 2.63 bits per heavy atom. The zero-order valence-electron chi connectivity index (χ0n) is 12.8. The van der Waals surface area contributed by atoms with Crippen molar-refractivity contribution < 1.29 is 9.53 Å². The number of nitrogens with one attached hydrogen (secondary N) is 1. The first-order valence-electron chi connectivity index (χ1n) is 7.49. The molecule has 0 aromatic carbocycles. The molecule has 1 aliphatic carbocycles. The highest BCUT2D eigenvalue weighted by Crippen LogP contribution is 2.39. The molecule has 1 aliphatic heterocycles. The van der Waals surface area contributed by atoms with Crippen molar-refractivity contribution in [2.75, 3.05) is 19.6 Å². The summed E-state index contributed by atoms with van der Waals surface area (Å²) in [4.78, 5) is 13.8. The molecule has 4 heteroatoms. The predicted molar refractivity (Wildman–Crippen MR) is 76.2 cm³/mol. The predicted octanol–water partition coefficient (Wildman–Crippen LogP) is 2.78. The molecule has 1 amide bonds. The van der Waals surface area contributed by atoms with Gasteiger partial charge in [-0.25, -0.2) is 4.79 Å². The number of amides is 1. The lowest BCUT2D eigenvalue weighted by molar-refractivity contribution is 0.0290. The van der Waals surface area contributed by atoms with E-state index in [1.54, 1.807) is 0 Å². The fraction of sp³-hybridized carbons (Fsp3) is 0.933. The van der Waals surface area contributed by atoms with Gasteiger partial charge in [0, 0.05) is 25.7 Å². The van der Waals surface area contributed by atoms with Gasteiger partial charge < -0.3 is 15.0 Å². The molecule has 4 nitrogen and oxygen atoms in total. The Morgan fingerprint density at radius 2 is 2.11 bits per heavy atom. The van der Waals surface area contributed by atoms with Gasteiger partial charge in [0.2, 0.25) is 0 Å². The Kier molecular flexibility index (Phi) is 4.09. The Bertz CT molecular complexity index is 332. The van der Waals surface area contributed by atoms with Crippen LogP contribution < -0.4 is 5.32 Å². The quantitative estimate of drug-likeness (QED) is 0.855. The van der Waals surface area contributed by atoms with Crippen molar-refractivity contribution in [3.8, 4) is 0 Å². The summed E-state index contributed by atoms with van der Waals surface area (Å²) in [5.74, 6) is 0. The lowest BCUT2D eigenvalue weighted by Crippen LogP contribution is -2.43. The molecule has 2 fully saturated rings. The van der Waals surface area contributed by atoms with Crippen LogP contribution in [0.15, 0.2) is 0 Å². The molecule has 110 valence electrons. The molecule has 2 rings (SSSR count). The van der Waals surface area contributed by atoms with Crippen LogP contribution >= 0.6 is 0 Å². The molecule has 1 saturated heterocycles. The van der Waals surface area contributed by atoms with Crippen LogP contribution in [0.3, 0.4) is 0 Å². The van der Waals surface area contributed by atoms with E-state index in [0.29, 0.717) is 11.5 Å². The summed E-state index contributed by atoms with van der Waals surface area (Å²) < 4.78 is 5.41. The minimum Gasteiger partial charge on any atom is -0.444 e. The molecule has 0 bridgehead atoms. The van der Waals surface area contributed by atoms with Crippen LogP contribution in [0.4, 0.5) is 4.79 Å². The van der Waals surface area contributed by atoms with Crippen LogP contribution in [0.5, 0.6) is 0 Å². The van der Waals surface area contributed by atoms with Crippen molar-refractivity contribution in [1.29, 1.82) is 0 Å². The molecular formula is C15H28N2O2. The third kappa shape index (κ3) is 4.10. The van der Waals surface area contributed by atoms with Gasteiger partial charge in [-0.3, -0.25) is 0 Å². The summed E-state index contributed by atoms with van der Waals surface area (Å²) in [5.41, 5.74) is 0.0986. The van der Waals surface area contributed by atoms with Crippen LogP contribution in [0.2, 0.25) is 0 Å². The van der Waals surface area contributed by atoms with Gasteiger partial charge in [0.05, 0.1) is 0 Å². The SMILES string of the molecule is CC1(CNC2CCN(C(=O)OC(C)(C)C)C2)CCC1. The van der Waals surface area contributed by atoms with Gasteiger partial charge in [-0.15, -0.1) is 0 Å². The molecule has 1 saturated carbocycles. The van der Waals surface area contributed by atoms with E-state index < -0.39 is 5.60 Å². The van der Waals surface area contributed by atoms with E-state index in [4.69, 9.17) is 4.74 Å². The number of hydrogen-bond donors (Lipinski definition) is 1. The maximum Gasteiger partial charge on any atom is 0.410 e. The van der Waals surface area contributed by atoms with Crippen LogP contribution in [0.25, 0.3) is 0 Å². The number of carbonyl (C=O) groups is 1. The van der Waals surface area contributed by atoms with Crippen molar-refractivity contribution in [2.45, 2.75) is 65.0 Å². The van der Waals surface area contributed by atoms with Gasteiger partial charge in [-0.2, -0.15) is 0 Å². The van der Waals surface area contributed by atoms with E-state index in [-0.39, 0.29) is 6.09 Å². The van der Waals surface area contributed by atoms with Crippen LogP contribution in [-0.4, -0.2) is 42.3 Å². The van der Waals surface area contributed by atoms with Gasteiger partial charge in [0.15, 0.2) is 0 Å². The number of ether oxygens (including phenoxy) is 1. The van der Waals surface area contributed by atoms with E-state index in [9.17, 15) is 4.79 Å². The Hall–Kier alpha value is -0.770. The number of rotatable bonds is 3. The van der Waals surface area contributed by atoms with Gasteiger partial charge in [-0.05, 0) is 45.4 Å². The molecule has 0 aromatic heterocycles. The largest absolute Gasteiger partial charge is 0.444 e. The molecule has 0 spiro atoms. The summed E-state index contributed by atoms with van der Waals surface area (Å²) in [6.45, 7) is 10.8. The molecule has 0 radical (unpaired) electrons. The lowest BCUT2D eigenvalue weighted by atomic mass is 9.70. The third-order valence-corrected chi connectivity index (χ3v) is 4.22. The summed E-state index contributed by atoms with van der Waals surface area (Å²) in [5, 5.41) is 3.62. The van der Waals surface area contributed by atoms with E-state index in [1.165, 1.54) is 19.3 Å².